The lowest BCUT2D eigenvalue weighted by molar-refractivity contribution is -0.132. The lowest BCUT2D eigenvalue weighted by Gasteiger charge is -2.43. The number of nitrogens with one attached hydrogen (secondary N) is 2. The van der Waals surface area contributed by atoms with Crippen molar-refractivity contribution in [2.75, 3.05) is 10.6 Å². The number of rotatable bonds is 4. The summed E-state index contributed by atoms with van der Waals surface area (Å²) in [4.78, 5) is 58.7. The molecule has 3 aliphatic rings. The number of hydrogen-bond acceptors (Lipinski definition) is 4. The van der Waals surface area contributed by atoms with Crippen LogP contribution in [0.4, 0.5) is 11.4 Å². The molecule has 1 aliphatic carbocycles. The molecule has 2 heterocycles. The maximum atomic E-state index is 14.7. The van der Waals surface area contributed by atoms with Crippen LogP contribution in [0.15, 0.2) is 84.9 Å². The van der Waals surface area contributed by atoms with Crippen LogP contribution in [0.5, 0.6) is 0 Å². The van der Waals surface area contributed by atoms with Crippen LogP contribution in [0.2, 0.25) is 10.0 Å². The highest BCUT2D eigenvalue weighted by molar-refractivity contribution is 6.32. The number of amides is 2. The van der Waals surface area contributed by atoms with Crippen LogP contribution in [0.3, 0.4) is 0 Å². The molecule has 2 N–H and O–H groups in total. The molecule has 1 fully saturated rings. The largest absolute Gasteiger partial charge is 0.325 e. The van der Waals surface area contributed by atoms with Gasteiger partial charge >= 0.3 is 0 Å². The summed E-state index contributed by atoms with van der Waals surface area (Å²) in [7, 11) is 0. The monoisotopic (exact) mass is 608 g/mol. The normalized spacial score (nSPS) is 25.0. The molecule has 0 radical (unpaired) electrons. The third-order valence-electron chi connectivity index (χ3n) is 9.47. The fraction of sp³-hybridized carbons (Fsp3) is 0.200. The van der Waals surface area contributed by atoms with Gasteiger partial charge in [-0.15, -0.1) is 0 Å². The molecule has 0 aromatic heterocycles. The first kappa shape index (κ1) is 27.6. The Labute approximate surface area is 258 Å². The summed E-state index contributed by atoms with van der Waals surface area (Å²) in [6.45, 7) is 3.84. The molecule has 6 nitrogen and oxygen atoms in total. The van der Waals surface area contributed by atoms with Gasteiger partial charge in [-0.3, -0.25) is 19.2 Å². The number of benzene rings is 4. The number of carbonyl (C=O) groups excluding carboxylic acids is 4. The highest BCUT2D eigenvalue weighted by Gasteiger charge is 2.79. The predicted molar refractivity (Wildman–Crippen MR) is 166 cm³/mol. The molecule has 43 heavy (non-hydrogen) atoms. The molecule has 0 bridgehead atoms. The smallest absolute Gasteiger partial charge is 0.237 e. The topological polar surface area (TPSA) is 92.3 Å². The van der Waals surface area contributed by atoms with E-state index in [1.165, 1.54) is 0 Å². The van der Waals surface area contributed by atoms with Gasteiger partial charge in [0.05, 0.1) is 0 Å². The maximum absolute atomic E-state index is 14.7. The minimum Gasteiger partial charge on any atom is -0.325 e. The quantitative estimate of drug-likeness (QED) is 0.242. The molecule has 214 valence electrons. The Morgan fingerprint density at radius 1 is 0.628 bits per heavy atom. The van der Waals surface area contributed by atoms with E-state index >= 15 is 0 Å². The van der Waals surface area contributed by atoms with E-state index in [4.69, 9.17) is 23.2 Å². The second kappa shape index (κ2) is 9.63. The third-order valence-corrected chi connectivity index (χ3v) is 9.94. The average Bonchev–Trinajstić information content (AvgIpc) is 3.58. The zero-order valence-corrected chi connectivity index (χ0v) is 24.8. The van der Waals surface area contributed by atoms with Crippen LogP contribution < -0.4 is 10.6 Å². The lowest BCUT2D eigenvalue weighted by Crippen LogP contribution is -2.60. The maximum Gasteiger partial charge on any atom is 0.237 e. The van der Waals surface area contributed by atoms with Gasteiger partial charge in [-0.1, -0.05) is 82.9 Å². The van der Waals surface area contributed by atoms with Crippen molar-refractivity contribution in [2.45, 2.75) is 31.1 Å². The van der Waals surface area contributed by atoms with E-state index in [2.05, 4.69) is 10.6 Å². The molecule has 2 aliphatic heterocycles. The molecule has 2 amide bonds. The summed E-state index contributed by atoms with van der Waals surface area (Å²) in [5.41, 5.74) is 0.829. The van der Waals surface area contributed by atoms with Gasteiger partial charge in [0, 0.05) is 44.4 Å². The molecule has 0 saturated heterocycles. The number of ketones is 2. The van der Waals surface area contributed by atoms with Crippen LogP contribution >= 0.6 is 23.2 Å². The molecule has 4 aromatic carbocycles. The van der Waals surface area contributed by atoms with E-state index in [1.807, 2.05) is 38.1 Å². The van der Waals surface area contributed by atoms with Crippen molar-refractivity contribution in [1.82, 2.24) is 0 Å². The molecule has 2 spiro atoms. The van der Waals surface area contributed by atoms with Crippen LogP contribution in [0.25, 0.3) is 0 Å². The SMILES string of the molecule is Cc1ccc(C(=O)[C@H]2C[C@H](C(=O)c3ccc(C)cc3)[C@]3(C(=O)Nc4ccc(Cl)cc43)[C@]23C(=O)Nc2ccc(Cl)cc23)cc1. The lowest BCUT2D eigenvalue weighted by atomic mass is 9.53. The second-order valence-electron chi connectivity index (χ2n) is 11.7. The van der Waals surface area contributed by atoms with Crippen molar-refractivity contribution >= 4 is 58.0 Å². The second-order valence-corrected chi connectivity index (χ2v) is 12.6. The molecule has 7 rings (SSSR count). The van der Waals surface area contributed by atoms with Crippen LogP contribution in [-0.2, 0) is 20.4 Å². The van der Waals surface area contributed by atoms with Crippen LogP contribution in [0.1, 0.15) is 49.4 Å². The van der Waals surface area contributed by atoms with Crippen molar-refractivity contribution in [2.24, 2.45) is 11.8 Å². The molecule has 4 aromatic rings. The average molecular weight is 610 g/mol. The van der Waals surface area contributed by atoms with Gasteiger partial charge < -0.3 is 10.6 Å². The number of fused-ring (bicyclic) bond motifs is 5. The molecule has 4 atom stereocenters. The van der Waals surface area contributed by atoms with Crippen LogP contribution in [-0.4, -0.2) is 23.4 Å². The zero-order chi connectivity index (χ0) is 30.3. The Balaban J connectivity index is 1.59. The van der Waals surface area contributed by atoms with E-state index < -0.39 is 34.5 Å². The Bertz CT molecular complexity index is 1750. The van der Waals surface area contributed by atoms with E-state index in [0.717, 1.165) is 11.1 Å². The van der Waals surface area contributed by atoms with Crippen molar-refractivity contribution in [1.29, 1.82) is 0 Å². The summed E-state index contributed by atoms with van der Waals surface area (Å²) in [5.74, 6) is -3.88. The zero-order valence-electron chi connectivity index (χ0n) is 23.3. The van der Waals surface area contributed by atoms with Crippen molar-refractivity contribution in [3.05, 3.63) is 128 Å². The highest BCUT2D eigenvalue weighted by atomic mass is 35.5. The number of carbonyl (C=O) groups is 4. The number of halogens is 2. The minimum absolute atomic E-state index is 0.0435. The molecule has 1 saturated carbocycles. The van der Waals surface area contributed by atoms with Gasteiger partial charge in [-0.2, -0.15) is 0 Å². The molecule has 8 heteroatoms. The standard InChI is InChI=1S/C35H26Cl2N2O4/c1-18-3-7-20(8-4-18)30(40)26-17-27(31(41)21-9-5-19(2)6-10-21)35(25-16-23(37)12-14-29(25)39-33(35)43)34(26)24-15-22(36)11-13-28(24)38-32(34)42/h3-16,26-27H,17H2,1-2H3,(H,38,42)(H,39,43)/t26-,27-,34-,35+/m1/s1. The van der Waals surface area contributed by atoms with E-state index in [9.17, 15) is 19.2 Å². The Kier molecular flexibility index (Phi) is 6.17. The number of Topliss-reactive ketones (excluding diaryl/α,β-unsaturated/α-hetero) is 2. The summed E-state index contributed by atoms with van der Waals surface area (Å²) >= 11 is 13.1. The minimum atomic E-state index is -1.81. The van der Waals surface area contributed by atoms with Crippen LogP contribution in [0, 0.1) is 25.7 Å². The Hall–Kier alpha value is -4.26. The van der Waals surface area contributed by atoms with Crippen molar-refractivity contribution < 1.29 is 19.2 Å². The summed E-state index contributed by atoms with van der Waals surface area (Å²) < 4.78 is 0. The van der Waals surface area contributed by atoms with Gasteiger partial charge in [-0.25, -0.2) is 0 Å². The fourth-order valence-electron chi connectivity index (χ4n) is 7.65. The number of aryl methyl sites for hydroxylation is 2. The van der Waals surface area contributed by atoms with E-state index in [0.29, 0.717) is 43.7 Å². The van der Waals surface area contributed by atoms with Gasteiger partial charge in [0.2, 0.25) is 11.8 Å². The highest BCUT2D eigenvalue weighted by Crippen LogP contribution is 2.69. The number of anilines is 2. The predicted octanol–water partition coefficient (Wildman–Crippen LogP) is 7.09. The molecule has 0 unspecified atom stereocenters. The van der Waals surface area contributed by atoms with Gasteiger partial charge in [0.1, 0.15) is 10.8 Å². The first-order chi connectivity index (χ1) is 20.6. The first-order valence-electron chi connectivity index (χ1n) is 14.0. The Morgan fingerprint density at radius 3 is 1.37 bits per heavy atom. The fourth-order valence-corrected chi connectivity index (χ4v) is 7.99. The third kappa shape index (κ3) is 3.66. The first-order valence-corrected chi connectivity index (χ1v) is 14.8. The van der Waals surface area contributed by atoms with Gasteiger partial charge in [0.15, 0.2) is 11.6 Å². The van der Waals surface area contributed by atoms with E-state index in [-0.39, 0.29) is 18.0 Å². The van der Waals surface area contributed by atoms with Crippen molar-refractivity contribution in [3.8, 4) is 0 Å². The number of hydrogen-bond donors (Lipinski definition) is 2. The Morgan fingerprint density at radius 2 is 1.00 bits per heavy atom. The molecular formula is C35H26Cl2N2O4. The summed E-state index contributed by atoms with van der Waals surface area (Å²) in [5, 5.41) is 6.58. The van der Waals surface area contributed by atoms with Gasteiger partial charge in [-0.05, 0) is 67.8 Å². The van der Waals surface area contributed by atoms with Crippen molar-refractivity contribution in [3.63, 3.8) is 0 Å². The molecular weight excluding hydrogens is 583 g/mol. The summed E-state index contributed by atoms with van der Waals surface area (Å²) in [6.07, 6.45) is -0.0435. The van der Waals surface area contributed by atoms with Gasteiger partial charge in [0.25, 0.3) is 0 Å². The summed E-state index contributed by atoms with van der Waals surface area (Å²) in [6, 6.07) is 24.1. The van der Waals surface area contributed by atoms with E-state index in [1.54, 1.807) is 60.7 Å².